The number of amides is 1. The Morgan fingerprint density at radius 1 is 1.15 bits per heavy atom. The lowest BCUT2D eigenvalue weighted by Crippen LogP contribution is -2.53. The highest BCUT2D eigenvalue weighted by molar-refractivity contribution is 9.10. The number of hydrogen-bond acceptors (Lipinski definition) is 3. The summed E-state index contributed by atoms with van der Waals surface area (Å²) in [6.45, 7) is 4.75. The van der Waals surface area contributed by atoms with Crippen molar-refractivity contribution in [2.75, 3.05) is 11.9 Å². The quantitative estimate of drug-likeness (QED) is 0.270. The minimum Gasteiger partial charge on any atom is -0.460 e. The van der Waals surface area contributed by atoms with Crippen LogP contribution in [0.4, 0.5) is 32.0 Å². The molecule has 1 unspecified atom stereocenters. The van der Waals surface area contributed by atoms with Crippen molar-refractivity contribution >= 4 is 28.0 Å². The van der Waals surface area contributed by atoms with Gasteiger partial charge in [0.25, 0.3) is 11.8 Å². The molecule has 0 bridgehead atoms. The first-order chi connectivity index (χ1) is 15.6. The monoisotopic (exact) mass is 556 g/mol. The van der Waals surface area contributed by atoms with Crippen molar-refractivity contribution in [3.05, 3.63) is 46.2 Å². The maximum Gasteiger partial charge on any atom is 0.260 e. The van der Waals surface area contributed by atoms with Gasteiger partial charge in [-0.3, -0.25) is 4.79 Å². The first kappa shape index (κ1) is 29.6. The predicted octanol–water partition coefficient (Wildman–Crippen LogP) is 7.05. The topological polar surface area (TPSA) is 64.3 Å². The summed E-state index contributed by atoms with van der Waals surface area (Å²) in [6, 6.07) is 6.43. The van der Waals surface area contributed by atoms with Gasteiger partial charge in [0.05, 0.1) is 5.69 Å². The molecule has 0 heterocycles. The smallest absolute Gasteiger partial charge is 0.260 e. The maximum atomic E-state index is 15.1. The van der Waals surface area contributed by atoms with Crippen molar-refractivity contribution in [3.8, 4) is 16.9 Å². The highest BCUT2D eigenvalue weighted by atomic mass is 79.9. The van der Waals surface area contributed by atoms with Gasteiger partial charge in [-0.2, -0.15) is 0 Å². The summed E-state index contributed by atoms with van der Waals surface area (Å²) in [6.07, 6.45) is -1.66. The highest BCUT2D eigenvalue weighted by Gasteiger charge is 2.61. The lowest BCUT2D eigenvalue weighted by Gasteiger charge is -2.40. The Balaban J connectivity index is 0.00000182. The zero-order valence-electron chi connectivity index (χ0n) is 19.3. The first-order valence-electron chi connectivity index (χ1n) is 10.1. The largest absolute Gasteiger partial charge is 0.460 e. The van der Waals surface area contributed by atoms with E-state index in [1.54, 1.807) is 13.0 Å². The number of carbonyl (C=O) groups excluding carboxylic acids is 1. The third-order valence-electron chi connectivity index (χ3n) is 5.31. The molecular formula is C23H27BrF6N2O2. The molecule has 11 heteroatoms. The fourth-order valence-corrected chi connectivity index (χ4v) is 4.00. The van der Waals surface area contributed by atoms with Crippen LogP contribution in [0.3, 0.4) is 0 Å². The minimum atomic E-state index is -3.85. The number of ether oxygens (including phenoxy) is 1. The van der Waals surface area contributed by atoms with E-state index < -0.39 is 35.0 Å². The molecule has 0 aliphatic rings. The van der Waals surface area contributed by atoms with Crippen LogP contribution in [0.15, 0.2) is 34.8 Å². The van der Waals surface area contributed by atoms with Gasteiger partial charge in [0, 0.05) is 42.9 Å². The fourth-order valence-electron chi connectivity index (χ4n) is 3.34. The molecule has 4 nitrogen and oxygen atoms in total. The maximum absolute atomic E-state index is 15.1. The summed E-state index contributed by atoms with van der Waals surface area (Å²) in [7, 11) is 0. The van der Waals surface area contributed by atoms with E-state index >= 15 is 4.39 Å². The Labute approximate surface area is 203 Å². The van der Waals surface area contributed by atoms with E-state index in [1.807, 2.05) is 0 Å². The van der Waals surface area contributed by atoms with E-state index in [1.165, 1.54) is 12.1 Å². The van der Waals surface area contributed by atoms with E-state index in [0.717, 1.165) is 26.0 Å². The van der Waals surface area contributed by atoms with Crippen LogP contribution in [0.25, 0.3) is 11.1 Å². The van der Waals surface area contributed by atoms with Crippen LogP contribution >= 0.6 is 15.9 Å². The van der Waals surface area contributed by atoms with E-state index in [9.17, 15) is 22.0 Å². The molecule has 0 saturated heterocycles. The van der Waals surface area contributed by atoms with Crippen molar-refractivity contribution < 1.29 is 35.9 Å². The van der Waals surface area contributed by atoms with Gasteiger partial charge in [-0.15, -0.1) is 0 Å². The van der Waals surface area contributed by atoms with Gasteiger partial charge >= 0.3 is 0 Å². The molecule has 0 spiro atoms. The Bertz CT molecular complexity index is 977. The van der Waals surface area contributed by atoms with E-state index in [0.29, 0.717) is 20.4 Å². The number of anilines is 1. The Morgan fingerprint density at radius 2 is 1.68 bits per heavy atom. The molecule has 34 heavy (non-hydrogen) atoms. The third kappa shape index (κ3) is 6.17. The molecule has 0 fully saturated rings. The molecule has 3 N–H and O–H groups in total. The number of nitrogens with two attached hydrogens (primary N) is 1. The third-order valence-corrected chi connectivity index (χ3v) is 5.94. The summed E-state index contributed by atoms with van der Waals surface area (Å²) in [4.78, 5) is 8.58. The summed E-state index contributed by atoms with van der Waals surface area (Å²) >= 11 is 3.17. The van der Waals surface area contributed by atoms with Crippen LogP contribution in [-0.2, 0) is 10.2 Å². The van der Waals surface area contributed by atoms with Gasteiger partial charge in [0.2, 0.25) is 12.8 Å². The number of rotatable bonds is 8. The second kappa shape index (κ2) is 11.3. The van der Waals surface area contributed by atoms with Crippen molar-refractivity contribution in [3.63, 3.8) is 0 Å². The Morgan fingerprint density at radius 3 is 2.12 bits per heavy atom. The number of primary amides is 1. The lowest BCUT2D eigenvalue weighted by atomic mass is 9.72. The average molecular weight is 557 g/mol. The number of hydrogen-bond donors (Lipinski definition) is 2. The second-order valence-electron chi connectivity index (χ2n) is 7.73. The lowest BCUT2D eigenvalue weighted by molar-refractivity contribution is -0.170. The van der Waals surface area contributed by atoms with Crippen LogP contribution in [0.2, 0.25) is 0 Å². The highest BCUT2D eigenvalue weighted by Crippen LogP contribution is 2.52. The zero-order chi connectivity index (χ0) is 26.5. The number of nitrogens with one attached hydrogen (secondary N) is 1. The summed E-state index contributed by atoms with van der Waals surface area (Å²) < 4.78 is 91.7. The van der Waals surface area contributed by atoms with Gasteiger partial charge < -0.3 is 15.8 Å². The van der Waals surface area contributed by atoms with Crippen LogP contribution in [0.5, 0.6) is 5.75 Å². The second-order valence-corrected chi connectivity index (χ2v) is 8.58. The normalized spacial score (nSPS) is 12.9. The Kier molecular flexibility index (Phi) is 9.87. The molecular weight excluding hydrogens is 530 g/mol. The molecule has 0 aliphatic carbocycles. The number of benzene rings is 2. The molecule has 0 aliphatic heterocycles. The molecule has 2 rings (SSSR count). The van der Waals surface area contributed by atoms with E-state index in [4.69, 9.17) is 9.53 Å². The molecule has 2 aromatic rings. The summed E-state index contributed by atoms with van der Waals surface area (Å²) in [5, 5.41) is 2.84. The number of alkyl halides is 5. The molecule has 2 aromatic carbocycles. The van der Waals surface area contributed by atoms with E-state index in [-0.39, 0.29) is 33.4 Å². The molecule has 0 aromatic heterocycles. The van der Waals surface area contributed by atoms with Gasteiger partial charge in [-0.1, -0.05) is 28.1 Å². The fraction of sp³-hybridized carbons (Fsp3) is 0.435. The molecule has 190 valence electrons. The average Bonchev–Trinajstić information content (AvgIpc) is 2.68. The predicted molar refractivity (Wildman–Crippen MR) is 124 cm³/mol. The number of carbonyl (C=O) groups is 1. The SMILES string of the molecule is CCNc1cccc(-c2c(Br)cc(C(C)(C(C)(F)F)C(C)(F)F)cc2OC(C)F)c1F.NC=O. The van der Waals surface area contributed by atoms with Crippen molar-refractivity contribution in [1.29, 1.82) is 0 Å². The molecule has 0 radical (unpaired) electrons. The molecule has 1 amide bonds. The zero-order valence-corrected chi connectivity index (χ0v) is 20.9. The van der Waals surface area contributed by atoms with Crippen LogP contribution in [0, 0.1) is 5.82 Å². The first-order valence-corrected chi connectivity index (χ1v) is 10.9. The van der Waals surface area contributed by atoms with Gasteiger partial charge in [0.15, 0.2) is 5.82 Å². The van der Waals surface area contributed by atoms with Crippen LogP contribution in [0.1, 0.15) is 40.2 Å². The summed E-state index contributed by atoms with van der Waals surface area (Å²) in [5.74, 6) is -8.72. The van der Waals surface area contributed by atoms with Crippen molar-refractivity contribution in [2.24, 2.45) is 5.73 Å². The minimum absolute atomic E-state index is 0.00734. The molecule has 1 atom stereocenters. The van der Waals surface area contributed by atoms with Crippen LogP contribution < -0.4 is 15.8 Å². The molecule has 0 saturated carbocycles. The summed E-state index contributed by atoms with van der Waals surface area (Å²) in [5.41, 5.74) is 0.915. The standard InChI is InChI=1S/C22H24BrF6NO.CH3NO/c1-6-30-16-9-7-8-14(19(16)25)18-15(23)10-13(11-17(18)31-12(2)24)20(3,21(4,26)27)22(5,28)29;2-1-3/h7-12,30H,6H2,1-5H3;1H,(H2,2,3). The van der Waals surface area contributed by atoms with Crippen molar-refractivity contribution in [2.45, 2.75) is 58.2 Å². The van der Waals surface area contributed by atoms with Gasteiger partial charge in [0.1, 0.15) is 11.2 Å². The van der Waals surface area contributed by atoms with Crippen molar-refractivity contribution in [1.82, 2.24) is 0 Å². The van der Waals surface area contributed by atoms with Crippen LogP contribution in [-0.4, -0.2) is 31.2 Å². The van der Waals surface area contributed by atoms with E-state index in [2.05, 4.69) is 27.0 Å². The van der Waals surface area contributed by atoms with Gasteiger partial charge in [-0.05, 0) is 37.6 Å². The Hall–Kier alpha value is -2.43. The van der Waals surface area contributed by atoms with Gasteiger partial charge in [-0.25, -0.2) is 26.3 Å². The number of halogens is 7.